The second kappa shape index (κ2) is 11.1. The van der Waals surface area contributed by atoms with Gasteiger partial charge in [-0.1, -0.05) is 12.1 Å². The summed E-state index contributed by atoms with van der Waals surface area (Å²) < 4.78 is 25.9. The molecule has 0 fully saturated rings. The van der Waals surface area contributed by atoms with E-state index < -0.39 is 20.9 Å². The van der Waals surface area contributed by atoms with E-state index in [9.17, 15) is 28.1 Å². The van der Waals surface area contributed by atoms with Gasteiger partial charge in [0.05, 0.1) is 16.7 Å². The van der Waals surface area contributed by atoms with Gasteiger partial charge < -0.3 is 11.1 Å². The van der Waals surface area contributed by atoms with Gasteiger partial charge in [0.1, 0.15) is 0 Å². The average Bonchev–Trinajstić information content (AvgIpc) is 2.71. The van der Waals surface area contributed by atoms with Gasteiger partial charge in [0, 0.05) is 29.6 Å². The van der Waals surface area contributed by atoms with Crippen molar-refractivity contribution < 1.29 is 27.5 Å². The highest BCUT2D eigenvalue weighted by molar-refractivity contribution is 7.85. The van der Waals surface area contributed by atoms with Crippen LogP contribution in [0.1, 0.15) is 40.0 Å². The minimum Gasteiger partial charge on any atom is -0.330 e. The van der Waals surface area contributed by atoms with Gasteiger partial charge >= 0.3 is 0 Å². The number of nitro benzene ring substituents is 1. The van der Waals surface area contributed by atoms with Gasteiger partial charge in [0.25, 0.3) is 27.6 Å². The minimum atomic E-state index is -3.67. The molecule has 32 heavy (non-hydrogen) atoms. The second-order valence-electron chi connectivity index (χ2n) is 7.25. The molecule has 0 saturated carbocycles. The predicted octanol–water partition coefficient (Wildman–Crippen LogP) is 1.57. The first-order valence-electron chi connectivity index (χ1n) is 9.95. The number of hydrogen-bond donors (Lipinski definition) is 3. The van der Waals surface area contributed by atoms with Crippen LogP contribution in [0.4, 0.5) is 5.69 Å². The average molecular weight is 467 g/mol. The van der Waals surface area contributed by atoms with Crippen molar-refractivity contribution in [3.8, 4) is 0 Å². The van der Waals surface area contributed by atoms with Crippen LogP contribution in [0.3, 0.4) is 0 Å². The van der Waals surface area contributed by atoms with Gasteiger partial charge in [-0.25, -0.2) is 0 Å². The predicted molar refractivity (Wildman–Crippen MR) is 119 cm³/mol. The van der Waals surface area contributed by atoms with E-state index in [1.54, 1.807) is 18.2 Å². The Morgan fingerprint density at radius 2 is 1.72 bits per heavy atom. The van der Waals surface area contributed by atoms with E-state index in [0.717, 1.165) is 25.9 Å². The van der Waals surface area contributed by atoms with Crippen LogP contribution in [0.15, 0.2) is 30.3 Å². The highest BCUT2D eigenvalue weighted by atomic mass is 32.2. The molecular weight excluding hydrogens is 440 g/mol. The largest absolute Gasteiger partial charge is 0.330 e. The Balaban J connectivity index is 0.000000654. The van der Waals surface area contributed by atoms with Crippen molar-refractivity contribution in [1.82, 2.24) is 10.2 Å². The molecule has 2 amide bonds. The lowest BCUT2D eigenvalue weighted by atomic mass is 9.93. The molecular formula is C20H26N4O7S. The second-order valence-corrected chi connectivity index (χ2v) is 8.71. The Morgan fingerprint density at radius 3 is 2.34 bits per heavy atom. The van der Waals surface area contributed by atoms with Crippen LogP contribution in [-0.4, -0.2) is 67.0 Å². The van der Waals surface area contributed by atoms with Crippen molar-refractivity contribution in [3.63, 3.8) is 0 Å². The molecule has 2 aromatic rings. The maximum Gasteiger partial charge on any atom is 0.270 e. The van der Waals surface area contributed by atoms with E-state index in [-0.39, 0.29) is 23.7 Å². The van der Waals surface area contributed by atoms with Crippen LogP contribution >= 0.6 is 0 Å². The van der Waals surface area contributed by atoms with Crippen molar-refractivity contribution in [1.29, 1.82) is 0 Å². The Hall–Kier alpha value is -2.93. The molecule has 0 unspecified atom stereocenters. The Bertz CT molecular complexity index is 1110. The summed E-state index contributed by atoms with van der Waals surface area (Å²) in [5.41, 5.74) is 5.91. The zero-order valence-corrected chi connectivity index (χ0v) is 18.4. The van der Waals surface area contributed by atoms with E-state index in [1.807, 2.05) is 0 Å². The Morgan fingerprint density at radius 1 is 1.09 bits per heavy atom. The van der Waals surface area contributed by atoms with Crippen LogP contribution in [0.2, 0.25) is 0 Å². The zero-order valence-electron chi connectivity index (χ0n) is 17.6. The molecule has 11 nitrogen and oxygen atoms in total. The fourth-order valence-electron chi connectivity index (χ4n) is 3.32. The highest BCUT2D eigenvalue weighted by Crippen LogP contribution is 2.33. The van der Waals surface area contributed by atoms with E-state index in [0.29, 0.717) is 35.6 Å². The molecule has 0 atom stereocenters. The fourth-order valence-corrected chi connectivity index (χ4v) is 3.32. The van der Waals surface area contributed by atoms with Crippen molar-refractivity contribution in [2.75, 3.05) is 32.4 Å². The van der Waals surface area contributed by atoms with E-state index in [4.69, 9.17) is 10.3 Å². The number of unbranched alkanes of at least 4 members (excludes halogenated alkanes) is 1. The summed E-state index contributed by atoms with van der Waals surface area (Å²) >= 11 is 0. The molecule has 0 spiro atoms. The molecule has 2 aromatic carbocycles. The van der Waals surface area contributed by atoms with E-state index >= 15 is 0 Å². The Labute approximate surface area is 185 Å². The number of imide groups is 1. The van der Waals surface area contributed by atoms with Gasteiger partial charge in [-0.3, -0.25) is 29.2 Å². The van der Waals surface area contributed by atoms with Gasteiger partial charge in [-0.15, -0.1) is 0 Å². The number of rotatable bonds is 9. The maximum absolute atomic E-state index is 12.8. The third-order valence-corrected chi connectivity index (χ3v) is 4.67. The number of benzene rings is 2. The van der Waals surface area contributed by atoms with E-state index in [2.05, 4.69) is 5.32 Å². The summed E-state index contributed by atoms with van der Waals surface area (Å²) in [6, 6.07) is 7.68. The van der Waals surface area contributed by atoms with Gasteiger partial charge in [-0.2, -0.15) is 8.42 Å². The summed E-state index contributed by atoms with van der Waals surface area (Å²) in [6.07, 6.45) is 3.09. The van der Waals surface area contributed by atoms with Gasteiger partial charge in [0.15, 0.2) is 0 Å². The van der Waals surface area contributed by atoms with Crippen LogP contribution in [0.25, 0.3) is 10.8 Å². The summed E-state index contributed by atoms with van der Waals surface area (Å²) in [5.74, 6) is -0.813. The van der Waals surface area contributed by atoms with Crippen molar-refractivity contribution >= 4 is 38.4 Å². The molecule has 12 heteroatoms. The third kappa shape index (κ3) is 6.79. The number of carbonyl (C=O) groups is 2. The lowest BCUT2D eigenvalue weighted by Crippen LogP contribution is -2.41. The molecule has 1 heterocycles. The SMILES string of the molecule is CS(=O)(=O)O.NCCCNCCCCN1C(=O)c2cccc3cc([N+](=O)[O-])cc(c23)C1=O. The third-order valence-electron chi connectivity index (χ3n) is 4.67. The van der Waals surface area contributed by atoms with Crippen LogP contribution in [0.5, 0.6) is 0 Å². The van der Waals surface area contributed by atoms with Crippen LogP contribution in [-0.2, 0) is 10.1 Å². The molecule has 4 N–H and O–H groups in total. The number of nitrogens with zero attached hydrogens (tertiary/aromatic N) is 2. The standard InChI is InChI=1S/C19H22N4O4.CH4O3S/c20-7-4-9-21-8-1-2-10-22-18(24)15-6-3-5-13-11-14(23(26)27)12-16(17(13)15)19(22)25;1-5(2,3)4/h3,5-6,11-12,21H,1-2,4,7-10,20H2;1H3,(H,2,3,4). The molecule has 0 aromatic heterocycles. The lowest BCUT2D eigenvalue weighted by molar-refractivity contribution is -0.384. The molecule has 1 aliphatic heterocycles. The van der Waals surface area contributed by atoms with Gasteiger partial charge in [0.2, 0.25) is 0 Å². The number of hydrogen-bond acceptors (Lipinski definition) is 8. The first-order valence-corrected chi connectivity index (χ1v) is 11.8. The number of nitrogens with one attached hydrogen (secondary N) is 1. The van der Waals surface area contributed by atoms with Crippen molar-refractivity contribution in [3.05, 3.63) is 51.6 Å². The smallest absolute Gasteiger partial charge is 0.270 e. The summed E-state index contributed by atoms with van der Waals surface area (Å²) in [4.78, 5) is 37.5. The summed E-state index contributed by atoms with van der Waals surface area (Å²) in [5, 5.41) is 15.5. The summed E-state index contributed by atoms with van der Waals surface area (Å²) in [6.45, 7) is 2.56. The summed E-state index contributed by atoms with van der Waals surface area (Å²) in [7, 11) is -3.67. The number of nitro groups is 1. The minimum absolute atomic E-state index is 0.151. The first-order chi connectivity index (χ1) is 15.0. The number of amides is 2. The molecule has 174 valence electrons. The lowest BCUT2D eigenvalue weighted by Gasteiger charge is -2.27. The zero-order chi connectivity index (χ0) is 23.9. The first kappa shape index (κ1) is 25.3. The molecule has 0 aliphatic carbocycles. The van der Waals surface area contributed by atoms with Crippen molar-refractivity contribution in [2.45, 2.75) is 19.3 Å². The number of non-ortho nitro benzene ring substituents is 1. The van der Waals surface area contributed by atoms with Crippen LogP contribution in [0, 0.1) is 10.1 Å². The Kier molecular flexibility index (Phi) is 8.78. The molecule has 0 radical (unpaired) electrons. The quantitative estimate of drug-likeness (QED) is 0.163. The van der Waals surface area contributed by atoms with Gasteiger partial charge in [-0.05, 0) is 50.3 Å². The monoisotopic (exact) mass is 466 g/mol. The fraction of sp³-hybridized carbons (Fsp3) is 0.400. The maximum atomic E-state index is 12.8. The molecule has 1 aliphatic rings. The topological polar surface area (TPSA) is 173 Å². The normalized spacial score (nSPS) is 13.2. The molecule has 3 rings (SSSR count). The van der Waals surface area contributed by atoms with Crippen molar-refractivity contribution in [2.24, 2.45) is 5.73 Å². The molecule has 0 saturated heterocycles. The molecule has 0 bridgehead atoms. The van der Waals surface area contributed by atoms with Crippen LogP contribution < -0.4 is 11.1 Å². The van der Waals surface area contributed by atoms with E-state index in [1.165, 1.54) is 17.0 Å². The number of carbonyl (C=O) groups excluding carboxylic acids is 2. The highest BCUT2D eigenvalue weighted by Gasteiger charge is 2.33. The number of nitrogens with two attached hydrogens (primary N) is 1.